The van der Waals surface area contributed by atoms with Crippen molar-refractivity contribution in [3.05, 3.63) is 88.5 Å². The van der Waals surface area contributed by atoms with E-state index in [1.165, 1.54) is 22.2 Å². The highest BCUT2D eigenvalue weighted by Gasteiger charge is 2.40. The summed E-state index contributed by atoms with van der Waals surface area (Å²) < 4.78 is 0. The standard InChI is InChI=1S/C29H33N3O2S/c1-5-7-8-21-9-11-22(12-10-21)18-26-28(34)32(24-15-13-23(14-16-24)20(3)4)29(35-26)25(19-30)27(33)31-17-6-2/h6,9-16,20,26H,2,5,7-8,17-18H2,1,3-4H3,(H,31,33)/b29-25-. The van der Waals surface area contributed by atoms with Crippen LogP contribution in [0.4, 0.5) is 5.69 Å². The van der Waals surface area contributed by atoms with Gasteiger partial charge >= 0.3 is 0 Å². The molecule has 1 fully saturated rings. The number of nitriles is 1. The van der Waals surface area contributed by atoms with Crippen LogP contribution in [0.25, 0.3) is 0 Å². The second kappa shape index (κ2) is 12.4. The van der Waals surface area contributed by atoms with E-state index in [0.29, 0.717) is 23.1 Å². The van der Waals surface area contributed by atoms with Crippen LogP contribution in [0.1, 0.15) is 56.2 Å². The molecule has 1 N–H and O–H groups in total. The Morgan fingerprint density at radius 1 is 1.17 bits per heavy atom. The minimum Gasteiger partial charge on any atom is -0.348 e. The highest BCUT2D eigenvalue weighted by molar-refractivity contribution is 8.05. The number of amides is 2. The third-order valence-electron chi connectivity index (χ3n) is 5.99. The molecule has 1 unspecified atom stereocenters. The average molecular weight is 488 g/mol. The van der Waals surface area contributed by atoms with Crippen molar-refractivity contribution >= 4 is 29.3 Å². The Hall–Kier alpha value is -3.30. The van der Waals surface area contributed by atoms with Crippen LogP contribution >= 0.6 is 11.8 Å². The van der Waals surface area contributed by atoms with Gasteiger partial charge < -0.3 is 5.32 Å². The third-order valence-corrected chi connectivity index (χ3v) is 7.26. The lowest BCUT2D eigenvalue weighted by molar-refractivity contribution is -0.117. The summed E-state index contributed by atoms with van der Waals surface area (Å²) in [6, 6.07) is 18.2. The van der Waals surface area contributed by atoms with Gasteiger partial charge in [0.25, 0.3) is 5.91 Å². The van der Waals surface area contributed by atoms with Crippen molar-refractivity contribution in [3.63, 3.8) is 0 Å². The van der Waals surface area contributed by atoms with Crippen molar-refractivity contribution in [2.45, 2.75) is 57.6 Å². The molecule has 0 spiro atoms. The molecule has 6 heteroatoms. The molecule has 2 aromatic rings. The average Bonchev–Trinajstić information content (AvgIpc) is 3.18. The zero-order valence-electron chi connectivity index (χ0n) is 20.7. The molecule has 182 valence electrons. The number of anilines is 1. The maximum absolute atomic E-state index is 13.6. The molecule has 1 aliphatic heterocycles. The number of aryl methyl sites for hydroxylation is 1. The van der Waals surface area contributed by atoms with Gasteiger partial charge in [0.15, 0.2) is 0 Å². The lowest BCUT2D eigenvalue weighted by atomic mass is 10.0. The molecule has 1 atom stereocenters. The summed E-state index contributed by atoms with van der Waals surface area (Å²) in [5.41, 5.74) is 4.10. The van der Waals surface area contributed by atoms with Gasteiger partial charge in [-0.1, -0.05) is 81.4 Å². The van der Waals surface area contributed by atoms with Gasteiger partial charge in [0.2, 0.25) is 5.91 Å². The molecule has 2 amide bonds. The Bertz CT molecular complexity index is 1130. The van der Waals surface area contributed by atoms with E-state index in [1.807, 2.05) is 30.3 Å². The Morgan fingerprint density at radius 2 is 1.83 bits per heavy atom. The zero-order chi connectivity index (χ0) is 25.4. The van der Waals surface area contributed by atoms with Crippen molar-refractivity contribution < 1.29 is 9.59 Å². The van der Waals surface area contributed by atoms with E-state index < -0.39 is 11.2 Å². The maximum atomic E-state index is 13.6. The number of carbonyl (C=O) groups is 2. The van der Waals surface area contributed by atoms with Crippen LogP contribution < -0.4 is 10.2 Å². The van der Waals surface area contributed by atoms with Crippen LogP contribution in [0.3, 0.4) is 0 Å². The number of carbonyl (C=O) groups excluding carboxylic acids is 2. The van der Waals surface area contributed by atoms with Crippen molar-refractivity contribution in [2.24, 2.45) is 0 Å². The molecular formula is C29H33N3O2S. The Balaban J connectivity index is 1.94. The molecule has 1 saturated heterocycles. The number of nitrogens with one attached hydrogen (secondary N) is 1. The minimum atomic E-state index is -0.507. The Labute approximate surface area is 212 Å². The number of unbranched alkanes of at least 4 members (excludes halogenated alkanes) is 1. The molecule has 5 nitrogen and oxygen atoms in total. The Morgan fingerprint density at radius 3 is 2.40 bits per heavy atom. The summed E-state index contributed by atoms with van der Waals surface area (Å²) in [6.07, 6.45) is 5.43. The summed E-state index contributed by atoms with van der Waals surface area (Å²) in [6.45, 7) is 10.3. The molecule has 1 aliphatic rings. The molecule has 0 saturated carbocycles. The van der Waals surface area contributed by atoms with Crippen molar-refractivity contribution in [1.82, 2.24) is 5.32 Å². The summed E-state index contributed by atoms with van der Waals surface area (Å²) in [4.78, 5) is 27.9. The SMILES string of the molecule is C=CCNC(=O)/C(C#N)=C1\SC(Cc2ccc(CCCC)cc2)C(=O)N1c1ccc(C(C)C)cc1. The van der Waals surface area contributed by atoms with E-state index in [2.05, 4.69) is 56.9 Å². The van der Waals surface area contributed by atoms with Gasteiger partial charge in [0, 0.05) is 12.2 Å². The normalized spacial score (nSPS) is 16.8. The topological polar surface area (TPSA) is 73.2 Å². The maximum Gasteiger partial charge on any atom is 0.264 e. The number of benzene rings is 2. The van der Waals surface area contributed by atoms with Crippen LogP contribution in [0, 0.1) is 11.3 Å². The van der Waals surface area contributed by atoms with Crippen LogP contribution in [0.5, 0.6) is 0 Å². The predicted molar refractivity (Wildman–Crippen MR) is 144 cm³/mol. The van der Waals surface area contributed by atoms with Gasteiger partial charge in [-0.15, -0.1) is 6.58 Å². The molecule has 0 aliphatic carbocycles. The molecule has 0 radical (unpaired) electrons. The largest absolute Gasteiger partial charge is 0.348 e. The van der Waals surface area contributed by atoms with Crippen LogP contribution in [-0.4, -0.2) is 23.6 Å². The lowest BCUT2D eigenvalue weighted by Gasteiger charge is -2.19. The summed E-state index contributed by atoms with van der Waals surface area (Å²) in [5.74, 6) is -0.274. The smallest absolute Gasteiger partial charge is 0.264 e. The van der Waals surface area contributed by atoms with Gasteiger partial charge in [-0.25, -0.2) is 0 Å². The fourth-order valence-electron chi connectivity index (χ4n) is 3.92. The van der Waals surface area contributed by atoms with Gasteiger partial charge in [-0.2, -0.15) is 5.26 Å². The predicted octanol–water partition coefficient (Wildman–Crippen LogP) is 5.88. The van der Waals surface area contributed by atoms with E-state index in [-0.39, 0.29) is 18.0 Å². The lowest BCUT2D eigenvalue weighted by Crippen LogP contribution is -2.32. The Kier molecular flexibility index (Phi) is 9.33. The fourth-order valence-corrected chi connectivity index (χ4v) is 5.23. The zero-order valence-corrected chi connectivity index (χ0v) is 21.5. The van der Waals surface area contributed by atoms with E-state index >= 15 is 0 Å². The van der Waals surface area contributed by atoms with Crippen LogP contribution in [-0.2, 0) is 22.4 Å². The third kappa shape index (κ3) is 6.43. The van der Waals surface area contributed by atoms with E-state index in [9.17, 15) is 14.9 Å². The molecule has 3 rings (SSSR count). The molecule has 0 aromatic heterocycles. The van der Waals surface area contributed by atoms with Crippen LogP contribution in [0.15, 0.2) is 71.8 Å². The first kappa shape index (κ1) is 26.3. The number of thioether (sulfide) groups is 1. The monoisotopic (exact) mass is 487 g/mol. The number of rotatable bonds is 10. The quantitative estimate of drug-likeness (QED) is 0.258. The molecule has 35 heavy (non-hydrogen) atoms. The molecule has 1 heterocycles. The van der Waals surface area contributed by atoms with Gasteiger partial charge in [0.1, 0.15) is 16.7 Å². The van der Waals surface area contributed by atoms with Crippen LogP contribution in [0.2, 0.25) is 0 Å². The number of nitrogens with zero attached hydrogens (tertiary/aromatic N) is 2. The summed E-state index contributed by atoms with van der Waals surface area (Å²) in [5, 5.41) is 12.5. The second-order valence-corrected chi connectivity index (χ2v) is 10.1. The first-order chi connectivity index (χ1) is 16.9. The summed E-state index contributed by atoms with van der Waals surface area (Å²) in [7, 11) is 0. The number of hydrogen-bond donors (Lipinski definition) is 1. The minimum absolute atomic E-state index is 0.0597. The van der Waals surface area contributed by atoms with Gasteiger partial charge in [-0.05, 0) is 54.0 Å². The first-order valence-electron chi connectivity index (χ1n) is 12.1. The first-order valence-corrected chi connectivity index (χ1v) is 13.0. The van der Waals surface area contributed by atoms with Crippen molar-refractivity contribution in [1.29, 1.82) is 5.26 Å². The second-order valence-electron chi connectivity index (χ2n) is 8.94. The van der Waals surface area contributed by atoms with Gasteiger partial charge in [-0.3, -0.25) is 14.5 Å². The number of hydrogen-bond acceptors (Lipinski definition) is 4. The van der Waals surface area contributed by atoms with Crippen molar-refractivity contribution in [2.75, 3.05) is 11.4 Å². The van der Waals surface area contributed by atoms with Gasteiger partial charge in [0.05, 0.1) is 5.25 Å². The van der Waals surface area contributed by atoms with E-state index in [4.69, 9.17) is 0 Å². The van der Waals surface area contributed by atoms with E-state index in [1.54, 1.807) is 6.08 Å². The van der Waals surface area contributed by atoms with Crippen molar-refractivity contribution in [3.8, 4) is 6.07 Å². The highest BCUT2D eigenvalue weighted by atomic mass is 32.2. The molecular weight excluding hydrogens is 454 g/mol. The highest BCUT2D eigenvalue weighted by Crippen LogP contribution is 2.42. The fraction of sp³-hybridized carbons (Fsp3) is 0.345. The van der Waals surface area contributed by atoms with E-state index in [0.717, 1.165) is 30.4 Å². The molecule has 2 aromatic carbocycles. The summed E-state index contributed by atoms with van der Waals surface area (Å²) >= 11 is 1.29. The molecule has 0 bridgehead atoms.